The average Bonchev–Trinajstić information content (AvgIpc) is 2.77. The highest BCUT2D eigenvalue weighted by Crippen LogP contribution is 2.46. The van der Waals surface area contributed by atoms with E-state index in [0.29, 0.717) is 25.9 Å². The van der Waals surface area contributed by atoms with Crippen LogP contribution in [-0.4, -0.2) is 57.6 Å². The molecule has 1 aromatic carbocycles. The number of rotatable bonds is 7. The monoisotopic (exact) mass is 489 g/mol. The summed E-state index contributed by atoms with van der Waals surface area (Å²) < 4.78 is 70.7. The second-order valence-corrected chi connectivity index (χ2v) is 10.8. The number of carbonyl (C=O) groups is 1. The number of sulfonamides is 1. The first-order valence-electron chi connectivity index (χ1n) is 10.9. The molecule has 0 aromatic heterocycles. The Kier molecular flexibility index (Phi) is 7.75. The van der Waals surface area contributed by atoms with Crippen LogP contribution in [0.15, 0.2) is 35.9 Å². The standard InChI is InChI=1S/C22H30F3N3O4S/c1-28(2)33(30,31)20(21(12-14-26-15-13-21)16-8-4-3-5-9-16)27-19(29)17-10-6-7-11-18(17)32-22(23,24)25/h6-8,10-11,20,26H,3-5,9,12-15H2,1-2H3,(H,27,29). The van der Waals surface area contributed by atoms with E-state index in [1.807, 2.05) is 0 Å². The molecule has 7 nitrogen and oxygen atoms in total. The molecule has 0 radical (unpaired) electrons. The predicted octanol–water partition coefficient (Wildman–Crippen LogP) is 3.40. The third-order valence-corrected chi connectivity index (χ3v) is 8.54. The molecule has 1 heterocycles. The lowest BCUT2D eigenvalue weighted by Gasteiger charge is -2.46. The molecule has 1 amide bonds. The molecule has 1 saturated heterocycles. The van der Waals surface area contributed by atoms with Gasteiger partial charge in [0.05, 0.1) is 5.56 Å². The van der Waals surface area contributed by atoms with Gasteiger partial charge in [0.15, 0.2) is 5.37 Å². The third-order valence-electron chi connectivity index (χ3n) is 6.35. The van der Waals surface area contributed by atoms with Crippen LogP contribution in [-0.2, 0) is 10.0 Å². The maximum Gasteiger partial charge on any atom is 0.573 e. The second-order valence-electron chi connectivity index (χ2n) is 8.61. The van der Waals surface area contributed by atoms with Crippen molar-refractivity contribution >= 4 is 15.9 Å². The van der Waals surface area contributed by atoms with Gasteiger partial charge < -0.3 is 15.4 Å². The maximum absolute atomic E-state index is 13.5. The Balaban J connectivity index is 2.06. The summed E-state index contributed by atoms with van der Waals surface area (Å²) in [6.07, 6.45) is 1.53. The van der Waals surface area contributed by atoms with Gasteiger partial charge in [0.2, 0.25) is 10.0 Å². The number of allylic oxidation sites excluding steroid dienone is 1. The van der Waals surface area contributed by atoms with Crippen LogP contribution in [0, 0.1) is 5.41 Å². The van der Waals surface area contributed by atoms with E-state index < -0.39 is 38.8 Å². The summed E-state index contributed by atoms with van der Waals surface area (Å²) in [7, 11) is -1.25. The highest BCUT2D eigenvalue weighted by atomic mass is 32.2. The highest BCUT2D eigenvalue weighted by molar-refractivity contribution is 7.89. The Morgan fingerprint density at radius 2 is 1.85 bits per heavy atom. The number of amides is 1. The van der Waals surface area contributed by atoms with Crippen LogP contribution in [0.2, 0.25) is 0 Å². The minimum absolute atomic E-state index is 0.379. The van der Waals surface area contributed by atoms with Gasteiger partial charge in [-0.2, -0.15) is 0 Å². The molecule has 2 N–H and O–H groups in total. The van der Waals surface area contributed by atoms with Gasteiger partial charge in [-0.1, -0.05) is 23.8 Å². The number of alkyl halides is 3. The maximum atomic E-state index is 13.5. The van der Waals surface area contributed by atoms with Crippen LogP contribution < -0.4 is 15.4 Å². The summed E-state index contributed by atoms with van der Waals surface area (Å²) in [5.41, 5.74) is -0.245. The molecule has 0 spiro atoms. The van der Waals surface area contributed by atoms with E-state index in [2.05, 4.69) is 21.4 Å². The molecule has 1 atom stereocenters. The number of nitrogens with zero attached hydrogens (tertiary/aromatic N) is 1. The SMILES string of the molecule is CN(C)S(=O)(=O)C(NC(=O)c1ccccc1OC(F)(F)F)C1(C2=CCCCC2)CCNCC1. The quantitative estimate of drug-likeness (QED) is 0.574. The number of halogens is 3. The van der Waals surface area contributed by atoms with Crippen LogP contribution in [0.5, 0.6) is 5.75 Å². The summed E-state index contributed by atoms with van der Waals surface area (Å²) in [5, 5.41) is 4.51. The number of para-hydroxylation sites is 1. The first-order chi connectivity index (χ1) is 15.5. The van der Waals surface area contributed by atoms with Gasteiger partial charge in [-0.05, 0) is 63.7 Å². The average molecular weight is 490 g/mol. The molecule has 1 aliphatic carbocycles. The Labute approximate surface area is 192 Å². The van der Waals surface area contributed by atoms with Crippen molar-refractivity contribution in [3.8, 4) is 5.75 Å². The Bertz CT molecular complexity index is 987. The van der Waals surface area contributed by atoms with E-state index in [1.54, 1.807) is 0 Å². The summed E-state index contributed by atoms with van der Waals surface area (Å²) in [4.78, 5) is 13.2. The van der Waals surface area contributed by atoms with Gasteiger partial charge >= 0.3 is 6.36 Å². The molecular weight excluding hydrogens is 459 g/mol. The molecular formula is C22H30F3N3O4S. The Hall–Kier alpha value is -2.11. The Morgan fingerprint density at radius 3 is 2.42 bits per heavy atom. The molecule has 0 saturated carbocycles. The van der Waals surface area contributed by atoms with E-state index in [9.17, 15) is 26.4 Å². The number of carbonyl (C=O) groups excluding carboxylic acids is 1. The number of ether oxygens (including phenoxy) is 1. The van der Waals surface area contributed by atoms with Crippen molar-refractivity contribution in [2.75, 3.05) is 27.2 Å². The van der Waals surface area contributed by atoms with Gasteiger partial charge in [0, 0.05) is 19.5 Å². The molecule has 1 fully saturated rings. The zero-order valence-corrected chi connectivity index (χ0v) is 19.6. The zero-order valence-electron chi connectivity index (χ0n) is 18.7. The number of benzene rings is 1. The summed E-state index contributed by atoms with van der Waals surface area (Å²) >= 11 is 0. The van der Waals surface area contributed by atoms with E-state index in [0.717, 1.165) is 41.6 Å². The minimum Gasteiger partial charge on any atom is -0.405 e. The molecule has 0 bridgehead atoms. The van der Waals surface area contributed by atoms with Crippen molar-refractivity contribution in [2.45, 2.75) is 50.3 Å². The van der Waals surface area contributed by atoms with Crippen molar-refractivity contribution in [1.82, 2.24) is 14.9 Å². The fourth-order valence-corrected chi connectivity index (χ4v) is 6.32. The molecule has 1 aromatic rings. The first kappa shape index (κ1) is 25.5. The van der Waals surface area contributed by atoms with Crippen molar-refractivity contribution in [2.24, 2.45) is 5.41 Å². The van der Waals surface area contributed by atoms with Crippen molar-refractivity contribution in [1.29, 1.82) is 0 Å². The van der Waals surface area contributed by atoms with Crippen molar-refractivity contribution in [3.63, 3.8) is 0 Å². The van der Waals surface area contributed by atoms with Gasteiger partial charge in [-0.3, -0.25) is 4.79 Å². The van der Waals surface area contributed by atoms with Gasteiger partial charge in [0.25, 0.3) is 5.91 Å². The summed E-state index contributed by atoms with van der Waals surface area (Å²) in [5.74, 6) is -1.61. The number of hydrogen-bond donors (Lipinski definition) is 2. The largest absolute Gasteiger partial charge is 0.573 e. The molecule has 2 aliphatic rings. The van der Waals surface area contributed by atoms with Gasteiger partial charge in [0.1, 0.15) is 5.75 Å². The fourth-order valence-electron chi connectivity index (χ4n) is 4.69. The molecule has 1 aliphatic heterocycles. The van der Waals surface area contributed by atoms with Crippen molar-refractivity contribution < 1.29 is 31.1 Å². The highest BCUT2D eigenvalue weighted by Gasteiger charge is 2.51. The van der Waals surface area contributed by atoms with E-state index in [4.69, 9.17) is 0 Å². The van der Waals surface area contributed by atoms with Crippen LogP contribution in [0.4, 0.5) is 13.2 Å². The van der Waals surface area contributed by atoms with Crippen LogP contribution in [0.25, 0.3) is 0 Å². The Morgan fingerprint density at radius 1 is 1.18 bits per heavy atom. The lowest BCUT2D eigenvalue weighted by molar-refractivity contribution is -0.274. The third kappa shape index (κ3) is 5.70. The molecule has 184 valence electrons. The zero-order chi connectivity index (χ0) is 24.3. The fraction of sp³-hybridized carbons (Fsp3) is 0.591. The van der Waals surface area contributed by atoms with E-state index in [1.165, 1.54) is 32.3 Å². The van der Waals surface area contributed by atoms with Crippen molar-refractivity contribution in [3.05, 3.63) is 41.5 Å². The van der Waals surface area contributed by atoms with E-state index >= 15 is 0 Å². The van der Waals surface area contributed by atoms with Crippen LogP contribution >= 0.6 is 0 Å². The molecule has 33 heavy (non-hydrogen) atoms. The minimum atomic E-state index is -4.99. The van der Waals surface area contributed by atoms with Crippen LogP contribution in [0.3, 0.4) is 0 Å². The lowest BCUT2D eigenvalue weighted by Crippen LogP contribution is -2.59. The normalized spacial score (nSPS) is 20.1. The molecule has 11 heteroatoms. The number of piperidine rings is 1. The second kappa shape index (κ2) is 10.0. The van der Waals surface area contributed by atoms with Gasteiger partial charge in [-0.25, -0.2) is 12.7 Å². The van der Waals surface area contributed by atoms with E-state index in [-0.39, 0.29) is 5.56 Å². The summed E-state index contributed by atoms with van der Waals surface area (Å²) in [6, 6.07) is 4.93. The molecule has 1 unspecified atom stereocenters. The number of hydrogen-bond acceptors (Lipinski definition) is 5. The number of nitrogens with one attached hydrogen (secondary N) is 2. The molecule has 3 rings (SSSR count). The van der Waals surface area contributed by atoms with Gasteiger partial charge in [-0.15, -0.1) is 13.2 Å². The van der Waals surface area contributed by atoms with Crippen LogP contribution in [0.1, 0.15) is 48.9 Å². The topological polar surface area (TPSA) is 87.7 Å². The predicted molar refractivity (Wildman–Crippen MR) is 118 cm³/mol. The first-order valence-corrected chi connectivity index (χ1v) is 12.4. The lowest BCUT2D eigenvalue weighted by atomic mass is 9.69. The smallest absolute Gasteiger partial charge is 0.405 e. The summed E-state index contributed by atoms with van der Waals surface area (Å²) in [6.45, 7) is 1.14.